The van der Waals surface area contributed by atoms with E-state index in [9.17, 15) is 18.8 Å². The van der Waals surface area contributed by atoms with Crippen LogP contribution in [0.2, 0.25) is 0 Å². The number of benzene rings is 1. The summed E-state index contributed by atoms with van der Waals surface area (Å²) in [5, 5.41) is 5.24. The van der Waals surface area contributed by atoms with E-state index in [1.807, 2.05) is 25.7 Å². The normalized spacial score (nSPS) is 20.3. The smallest absolute Gasteiger partial charge is 0.410 e. The first-order valence-electron chi connectivity index (χ1n) is 9.75. The minimum absolute atomic E-state index is 0.256. The van der Waals surface area contributed by atoms with Crippen LogP contribution in [0.3, 0.4) is 0 Å². The van der Waals surface area contributed by atoms with Gasteiger partial charge in [0.05, 0.1) is 5.69 Å². The second-order valence-corrected chi connectivity index (χ2v) is 8.27. The lowest BCUT2D eigenvalue weighted by atomic mass is 10.1. The summed E-state index contributed by atoms with van der Waals surface area (Å²) in [4.78, 5) is 38.7. The first-order valence-corrected chi connectivity index (χ1v) is 9.75. The Balaban J connectivity index is 1.58. The van der Waals surface area contributed by atoms with Gasteiger partial charge in [0.2, 0.25) is 11.8 Å². The van der Waals surface area contributed by atoms with E-state index in [1.54, 1.807) is 17.0 Å². The zero-order valence-electron chi connectivity index (χ0n) is 17.0. The Morgan fingerprint density at radius 3 is 2.48 bits per heavy atom. The van der Waals surface area contributed by atoms with Gasteiger partial charge in [-0.25, -0.2) is 9.18 Å². The fourth-order valence-electron chi connectivity index (χ4n) is 3.34. The number of hydrogen-bond donors (Lipinski definition) is 2. The minimum Gasteiger partial charge on any atom is -0.444 e. The predicted molar refractivity (Wildman–Crippen MR) is 106 cm³/mol. The molecule has 9 heteroatoms. The number of anilines is 2. The van der Waals surface area contributed by atoms with Gasteiger partial charge in [0.25, 0.3) is 0 Å². The van der Waals surface area contributed by atoms with Crippen LogP contribution in [0.5, 0.6) is 0 Å². The van der Waals surface area contributed by atoms with Gasteiger partial charge in [-0.15, -0.1) is 0 Å². The Labute approximate surface area is 169 Å². The average Bonchev–Trinajstić information content (AvgIpc) is 2.63. The summed E-state index contributed by atoms with van der Waals surface area (Å²) in [5.41, 5.74) is 0.377. The first kappa shape index (κ1) is 20.9. The third kappa shape index (κ3) is 5.36. The van der Waals surface area contributed by atoms with Gasteiger partial charge in [-0.3, -0.25) is 14.9 Å². The number of ether oxygens (including phenoxy) is 1. The molecule has 0 aromatic heterocycles. The largest absolute Gasteiger partial charge is 0.444 e. The van der Waals surface area contributed by atoms with Crippen molar-refractivity contribution in [3.05, 3.63) is 24.0 Å². The van der Waals surface area contributed by atoms with Crippen molar-refractivity contribution in [2.45, 2.75) is 45.3 Å². The standard InChI is InChI=1S/C20H27FN4O4/c1-20(2,3)29-19(28)25-10-8-24(9-11-25)16-6-4-13(12-14(16)21)22-15-5-7-17(26)23-18(15)27/h4,6,12,15,22H,5,7-11H2,1-3H3,(H,23,26,27). The second-order valence-electron chi connectivity index (χ2n) is 8.27. The molecule has 0 aliphatic carbocycles. The van der Waals surface area contributed by atoms with Crippen LogP contribution in [0.4, 0.5) is 20.6 Å². The summed E-state index contributed by atoms with van der Waals surface area (Å²) >= 11 is 0. The molecule has 0 spiro atoms. The molecule has 1 atom stereocenters. The SMILES string of the molecule is CC(C)(C)OC(=O)N1CCN(c2ccc(NC3CCC(=O)NC3=O)cc2F)CC1. The molecule has 0 saturated carbocycles. The Morgan fingerprint density at radius 1 is 1.21 bits per heavy atom. The number of rotatable bonds is 3. The van der Waals surface area contributed by atoms with E-state index in [1.165, 1.54) is 6.07 Å². The van der Waals surface area contributed by atoms with Gasteiger partial charge >= 0.3 is 6.09 Å². The first-order chi connectivity index (χ1) is 13.6. The number of imide groups is 1. The van der Waals surface area contributed by atoms with Gasteiger partial charge in [-0.1, -0.05) is 0 Å². The van der Waals surface area contributed by atoms with Crippen LogP contribution < -0.4 is 15.5 Å². The number of carbonyl (C=O) groups excluding carboxylic acids is 3. The third-order valence-corrected chi connectivity index (χ3v) is 4.80. The lowest BCUT2D eigenvalue weighted by Crippen LogP contribution is -2.50. The Bertz CT molecular complexity index is 800. The quantitative estimate of drug-likeness (QED) is 0.747. The fourth-order valence-corrected chi connectivity index (χ4v) is 3.34. The number of halogens is 1. The monoisotopic (exact) mass is 406 g/mol. The van der Waals surface area contributed by atoms with Crippen molar-refractivity contribution in [1.29, 1.82) is 0 Å². The van der Waals surface area contributed by atoms with Gasteiger partial charge < -0.3 is 19.9 Å². The Kier molecular flexibility index (Phi) is 5.95. The van der Waals surface area contributed by atoms with E-state index in [-0.39, 0.29) is 18.4 Å². The molecular weight excluding hydrogens is 379 g/mol. The number of nitrogens with zero attached hydrogens (tertiary/aromatic N) is 2. The van der Waals surface area contributed by atoms with Crippen molar-refractivity contribution in [2.24, 2.45) is 0 Å². The summed E-state index contributed by atoms with van der Waals surface area (Å²) in [6.07, 6.45) is 0.272. The number of piperazine rings is 1. The molecule has 2 N–H and O–H groups in total. The lowest BCUT2D eigenvalue weighted by molar-refractivity contribution is -0.133. The molecular formula is C20H27FN4O4. The van der Waals surface area contributed by atoms with Crippen molar-refractivity contribution in [2.75, 3.05) is 36.4 Å². The Morgan fingerprint density at radius 2 is 1.90 bits per heavy atom. The molecule has 2 heterocycles. The highest BCUT2D eigenvalue weighted by Gasteiger charge is 2.28. The molecule has 0 radical (unpaired) electrons. The minimum atomic E-state index is -0.560. The van der Waals surface area contributed by atoms with Gasteiger partial charge in [0.15, 0.2) is 0 Å². The maximum Gasteiger partial charge on any atom is 0.410 e. The van der Waals surface area contributed by atoms with E-state index in [0.717, 1.165) is 0 Å². The molecule has 29 heavy (non-hydrogen) atoms. The van der Waals surface area contributed by atoms with Crippen LogP contribution in [0.1, 0.15) is 33.6 Å². The second kappa shape index (κ2) is 8.26. The molecule has 3 rings (SSSR count). The van der Waals surface area contributed by atoms with Crippen molar-refractivity contribution in [1.82, 2.24) is 10.2 Å². The molecule has 1 unspecified atom stereocenters. The highest BCUT2D eigenvalue weighted by atomic mass is 19.1. The fraction of sp³-hybridized carbons (Fsp3) is 0.550. The van der Waals surface area contributed by atoms with E-state index in [4.69, 9.17) is 4.74 Å². The molecule has 2 saturated heterocycles. The molecule has 1 aromatic rings. The van der Waals surface area contributed by atoms with Crippen molar-refractivity contribution < 1.29 is 23.5 Å². The van der Waals surface area contributed by atoms with Crippen LogP contribution in [-0.2, 0) is 14.3 Å². The number of piperidine rings is 1. The van der Waals surface area contributed by atoms with Crippen LogP contribution in [0, 0.1) is 5.82 Å². The third-order valence-electron chi connectivity index (χ3n) is 4.80. The zero-order chi connectivity index (χ0) is 21.2. The van der Waals surface area contributed by atoms with Crippen LogP contribution in [0.15, 0.2) is 18.2 Å². The zero-order valence-corrected chi connectivity index (χ0v) is 17.0. The van der Waals surface area contributed by atoms with Crippen molar-refractivity contribution in [3.8, 4) is 0 Å². The summed E-state index contributed by atoms with van der Waals surface area (Å²) in [6.45, 7) is 7.35. The van der Waals surface area contributed by atoms with Crippen LogP contribution >= 0.6 is 0 Å². The van der Waals surface area contributed by atoms with Gasteiger partial charge in [0, 0.05) is 38.3 Å². The molecule has 8 nitrogen and oxygen atoms in total. The number of hydrogen-bond acceptors (Lipinski definition) is 6. The van der Waals surface area contributed by atoms with E-state index in [0.29, 0.717) is 44.0 Å². The molecule has 1 aromatic carbocycles. The molecule has 3 amide bonds. The lowest BCUT2D eigenvalue weighted by Gasteiger charge is -2.37. The maximum atomic E-state index is 14.7. The summed E-state index contributed by atoms with van der Waals surface area (Å²) in [5.74, 6) is -1.10. The Hall–Kier alpha value is -2.84. The molecule has 2 aliphatic rings. The summed E-state index contributed by atoms with van der Waals surface area (Å²) in [6, 6.07) is 4.16. The summed E-state index contributed by atoms with van der Waals surface area (Å²) < 4.78 is 20.1. The van der Waals surface area contributed by atoms with E-state index >= 15 is 0 Å². The highest BCUT2D eigenvalue weighted by Crippen LogP contribution is 2.25. The summed E-state index contributed by atoms with van der Waals surface area (Å²) in [7, 11) is 0. The van der Waals surface area contributed by atoms with E-state index < -0.39 is 23.4 Å². The number of carbonyl (C=O) groups is 3. The highest BCUT2D eigenvalue weighted by molar-refractivity contribution is 6.01. The molecule has 0 bridgehead atoms. The van der Waals surface area contributed by atoms with E-state index in [2.05, 4.69) is 10.6 Å². The van der Waals surface area contributed by atoms with Crippen LogP contribution in [0.25, 0.3) is 0 Å². The topological polar surface area (TPSA) is 91.0 Å². The number of amides is 3. The van der Waals surface area contributed by atoms with Crippen LogP contribution in [-0.4, -0.2) is 60.6 Å². The maximum absolute atomic E-state index is 14.7. The van der Waals surface area contributed by atoms with Gasteiger partial charge in [0.1, 0.15) is 17.5 Å². The average molecular weight is 406 g/mol. The molecule has 158 valence electrons. The predicted octanol–water partition coefficient (Wildman–Crippen LogP) is 2.10. The van der Waals surface area contributed by atoms with Crippen molar-refractivity contribution >= 4 is 29.3 Å². The number of nitrogens with one attached hydrogen (secondary N) is 2. The molecule has 2 fully saturated rings. The molecule has 2 aliphatic heterocycles. The van der Waals surface area contributed by atoms with Crippen molar-refractivity contribution in [3.63, 3.8) is 0 Å². The van der Waals surface area contributed by atoms with Gasteiger partial charge in [-0.05, 0) is 45.4 Å². The van der Waals surface area contributed by atoms with Gasteiger partial charge in [-0.2, -0.15) is 0 Å².